The average Bonchev–Trinajstić information content (AvgIpc) is 2.75. The molecular formula is C22H29N3O3. The molecule has 1 fully saturated rings. The smallest absolute Gasteiger partial charge is 0.255 e. The Morgan fingerprint density at radius 1 is 1.00 bits per heavy atom. The molecular weight excluding hydrogens is 354 g/mol. The van der Waals surface area contributed by atoms with Crippen LogP contribution in [0.1, 0.15) is 22.0 Å². The van der Waals surface area contributed by atoms with E-state index >= 15 is 0 Å². The van der Waals surface area contributed by atoms with Crippen molar-refractivity contribution in [2.75, 3.05) is 54.0 Å². The van der Waals surface area contributed by atoms with Crippen molar-refractivity contribution >= 4 is 5.91 Å². The normalized spacial score (nSPS) is 16.4. The van der Waals surface area contributed by atoms with Crippen molar-refractivity contribution in [3.8, 4) is 11.5 Å². The van der Waals surface area contributed by atoms with E-state index in [9.17, 15) is 4.79 Å². The molecule has 2 aromatic carbocycles. The van der Waals surface area contributed by atoms with Gasteiger partial charge < -0.3 is 19.7 Å². The number of carbonyl (C=O) groups is 1. The molecule has 0 aliphatic carbocycles. The molecule has 1 amide bonds. The number of methoxy groups -OCH3 is 2. The predicted octanol–water partition coefficient (Wildman–Crippen LogP) is 2.42. The van der Waals surface area contributed by atoms with E-state index in [4.69, 9.17) is 9.47 Å². The second-order valence-electron chi connectivity index (χ2n) is 7.04. The molecule has 6 heteroatoms. The van der Waals surface area contributed by atoms with Gasteiger partial charge in [-0.3, -0.25) is 9.69 Å². The molecule has 1 aliphatic heterocycles. The summed E-state index contributed by atoms with van der Waals surface area (Å²) >= 11 is 0. The van der Waals surface area contributed by atoms with Crippen LogP contribution in [0.25, 0.3) is 0 Å². The highest BCUT2D eigenvalue weighted by atomic mass is 16.5. The van der Waals surface area contributed by atoms with Crippen LogP contribution in [-0.2, 0) is 0 Å². The largest absolute Gasteiger partial charge is 0.497 e. The van der Waals surface area contributed by atoms with Gasteiger partial charge in [0.15, 0.2) is 0 Å². The van der Waals surface area contributed by atoms with Gasteiger partial charge in [-0.25, -0.2) is 0 Å². The first-order valence-electron chi connectivity index (χ1n) is 9.60. The minimum atomic E-state index is -0.120. The van der Waals surface area contributed by atoms with E-state index in [0.29, 0.717) is 17.9 Å². The Labute approximate surface area is 167 Å². The Balaban J connectivity index is 1.75. The number of para-hydroxylation sites is 1. The first kappa shape index (κ1) is 20.2. The molecule has 1 N–H and O–H groups in total. The highest BCUT2D eigenvalue weighted by Crippen LogP contribution is 2.24. The molecule has 1 heterocycles. The molecule has 0 aromatic heterocycles. The van der Waals surface area contributed by atoms with Crippen molar-refractivity contribution in [1.82, 2.24) is 15.1 Å². The Hall–Kier alpha value is -2.57. The number of hydrogen-bond acceptors (Lipinski definition) is 5. The molecule has 0 saturated carbocycles. The third-order valence-corrected chi connectivity index (χ3v) is 5.29. The van der Waals surface area contributed by atoms with E-state index in [1.165, 1.54) is 5.56 Å². The summed E-state index contributed by atoms with van der Waals surface area (Å²) < 4.78 is 10.6. The van der Waals surface area contributed by atoms with Gasteiger partial charge in [-0.1, -0.05) is 24.3 Å². The molecule has 0 unspecified atom stereocenters. The average molecular weight is 383 g/mol. The summed E-state index contributed by atoms with van der Waals surface area (Å²) in [4.78, 5) is 17.5. The van der Waals surface area contributed by atoms with E-state index in [1.54, 1.807) is 26.4 Å². The molecule has 0 spiro atoms. The van der Waals surface area contributed by atoms with E-state index in [0.717, 1.165) is 31.9 Å². The third kappa shape index (κ3) is 4.82. The molecule has 0 radical (unpaired) electrons. The summed E-state index contributed by atoms with van der Waals surface area (Å²) in [6, 6.07) is 15.5. The van der Waals surface area contributed by atoms with Crippen LogP contribution in [0.3, 0.4) is 0 Å². The van der Waals surface area contributed by atoms with Gasteiger partial charge in [0, 0.05) is 32.7 Å². The summed E-state index contributed by atoms with van der Waals surface area (Å²) in [5, 5.41) is 3.10. The van der Waals surface area contributed by atoms with Gasteiger partial charge in [0.25, 0.3) is 5.91 Å². The fourth-order valence-electron chi connectivity index (χ4n) is 3.53. The highest BCUT2D eigenvalue weighted by molar-refractivity contribution is 5.96. The standard InChI is InChI=1S/C22H29N3O3/c1-24-12-14-25(15-13-24)20(17-8-10-18(27-2)11-9-17)16-23-22(26)19-6-4-5-7-21(19)28-3/h4-11,20H,12-16H2,1-3H3,(H,23,26)/t20-/m0/s1. The zero-order valence-corrected chi connectivity index (χ0v) is 16.9. The molecule has 1 saturated heterocycles. The number of carbonyl (C=O) groups excluding carboxylic acids is 1. The topological polar surface area (TPSA) is 54.0 Å². The summed E-state index contributed by atoms with van der Waals surface area (Å²) in [5.41, 5.74) is 1.72. The lowest BCUT2D eigenvalue weighted by atomic mass is 10.0. The zero-order chi connectivity index (χ0) is 19.9. The number of piperazine rings is 1. The lowest BCUT2D eigenvalue weighted by molar-refractivity contribution is 0.0883. The maximum Gasteiger partial charge on any atom is 0.255 e. The van der Waals surface area contributed by atoms with Crippen LogP contribution in [0.2, 0.25) is 0 Å². The summed E-state index contributed by atoms with van der Waals surface area (Å²) in [6.07, 6.45) is 0. The van der Waals surface area contributed by atoms with Crippen molar-refractivity contribution < 1.29 is 14.3 Å². The lowest BCUT2D eigenvalue weighted by Gasteiger charge is -2.38. The minimum absolute atomic E-state index is 0.110. The van der Waals surface area contributed by atoms with Crippen molar-refractivity contribution in [2.45, 2.75) is 6.04 Å². The molecule has 1 atom stereocenters. The number of rotatable bonds is 7. The van der Waals surface area contributed by atoms with Crippen LogP contribution in [0.5, 0.6) is 11.5 Å². The second-order valence-corrected chi connectivity index (χ2v) is 7.04. The molecule has 28 heavy (non-hydrogen) atoms. The van der Waals surface area contributed by atoms with Crippen LogP contribution in [-0.4, -0.2) is 69.7 Å². The van der Waals surface area contributed by atoms with Crippen LogP contribution in [0.4, 0.5) is 0 Å². The third-order valence-electron chi connectivity index (χ3n) is 5.29. The summed E-state index contributed by atoms with van der Waals surface area (Å²) in [6.45, 7) is 4.52. The summed E-state index contributed by atoms with van der Waals surface area (Å²) in [5.74, 6) is 1.30. The molecule has 150 valence electrons. The predicted molar refractivity (Wildman–Crippen MR) is 110 cm³/mol. The molecule has 0 bridgehead atoms. The van der Waals surface area contributed by atoms with Gasteiger partial charge in [-0.15, -0.1) is 0 Å². The molecule has 3 rings (SSSR count). The van der Waals surface area contributed by atoms with Gasteiger partial charge >= 0.3 is 0 Å². The fourth-order valence-corrected chi connectivity index (χ4v) is 3.53. The van der Waals surface area contributed by atoms with Crippen molar-refractivity contribution in [1.29, 1.82) is 0 Å². The zero-order valence-electron chi connectivity index (χ0n) is 16.9. The molecule has 1 aliphatic rings. The number of likely N-dealkylation sites (N-methyl/N-ethyl adjacent to an activating group) is 1. The van der Waals surface area contributed by atoms with Gasteiger partial charge in [0.05, 0.1) is 25.8 Å². The fraction of sp³-hybridized carbons (Fsp3) is 0.409. The van der Waals surface area contributed by atoms with Crippen LogP contribution < -0.4 is 14.8 Å². The van der Waals surface area contributed by atoms with Crippen LogP contribution in [0.15, 0.2) is 48.5 Å². The van der Waals surface area contributed by atoms with Gasteiger partial charge in [-0.05, 0) is 36.9 Å². The maximum atomic E-state index is 12.8. The Kier molecular flexibility index (Phi) is 6.90. The van der Waals surface area contributed by atoms with Gasteiger partial charge in [-0.2, -0.15) is 0 Å². The van der Waals surface area contributed by atoms with Gasteiger partial charge in [0.2, 0.25) is 0 Å². The number of ether oxygens (including phenoxy) is 2. The highest BCUT2D eigenvalue weighted by Gasteiger charge is 2.25. The summed E-state index contributed by atoms with van der Waals surface area (Å²) in [7, 11) is 5.39. The Morgan fingerprint density at radius 3 is 2.32 bits per heavy atom. The number of amides is 1. The number of nitrogens with zero attached hydrogens (tertiary/aromatic N) is 2. The quantitative estimate of drug-likeness (QED) is 0.796. The maximum absolute atomic E-state index is 12.8. The first-order valence-corrected chi connectivity index (χ1v) is 9.60. The SMILES string of the molecule is COc1ccc([C@H](CNC(=O)c2ccccc2OC)N2CCN(C)CC2)cc1. The van der Waals surface area contributed by atoms with E-state index in [-0.39, 0.29) is 11.9 Å². The van der Waals surface area contributed by atoms with E-state index in [2.05, 4.69) is 34.3 Å². The van der Waals surface area contributed by atoms with Crippen molar-refractivity contribution in [3.05, 3.63) is 59.7 Å². The Bertz CT molecular complexity index is 771. The van der Waals surface area contributed by atoms with Gasteiger partial charge in [0.1, 0.15) is 11.5 Å². The van der Waals surface area contributed by atoms with E-state index in [1.807, 2.05) is 24.3 Å². The van der Waals surface area contributed by atoms with Crippen LogP contribution in [0, 0.1) is 0 Å². The number of benzene rings is 2. The second kappa shape index (κ2) is 9.57. The van der Waals surface area contributed by atoms with Crippen LogP contribution >= 0.6 is 0 Å². The Morgan fingerprint density at radius 2 is 1.68 bits per heavy atom. The number of hydrogen-bond donors (Lipinski definition) is 1. The van der Waals surface area contributed by atoms with E-state index < -0.39 is 0 Å². The lowest BCUT2D eigenvalue weighted by Crippen LogP contribution is -2.48. The number of nitrogens with one attached hydrogen (secondary N) is 1. The first-order chi connectivity index (χ1) is 13.6. The molecule has 2 aromatic rings. The van der Waals surface area contributed by atoms with Crippen molar-refractivity contribution in [3.63, 3.8) is 0 Å². The van der Waals surface area contributed by atoms with Crippen molar-refractivity contribution in [2.24, 2.45) is 0 Å². The monoisotopic (exact) mass is 383 g/mol. The minimum Gasteiger partial charge on any atom is -0.497 e. The molecule has 6 nitrogen and oxygen atoms in total.